The van der Waals surface area contributed by atoms with Gasteiger partial charge in [0.1, 0.15) is 4.88 Å². The van der Waals surface area contributed by atoms with Gasteiger partial charge in [-0.15, -0.1) is 11.3 Å². The second-order valence-electron chi connectivity index (χ2n) is 6.36. The van der Waals surface area contributed by atoms with Gasteiger partial charge in [-0.25, -0.2) is 0 Å². The van der Waals surface area contributed by atoms with E-state index in [0.717, 1.165) is 44.1 Å². The molecule has 3 heterocycles. The summed E-state index contributed by atoms with van der Waals surface area (Å²) in [5.74, 6) is 2.03. The molecule has 5 rings (SSSR count). The van der Waals surface area contributed by atoms with E-state index in [4.69, 9.17) is 21.1 Å². The topological polar surface area (TPSA) is 52.8 Å². The first kappa shape index (κ1) is 19.0. The predicted octanol–water partition coefficient (Wildman–Crippen LogP) is 5.40. The standard InChI is InChI=1S/C20H15ClN2O3S3/c1-27-7-6-23-12-8-13-14(26-10-25-13)9-16(12)29-20(23)22-19(24)18-17(21)11-4-2-3-5-15(11)28-18/h2-5,8-9H,6-7,10H2,1H3. The van der Waals surface area contributed by atoms with Crippen LogP contribution in [0, 0.1) is 0 Å². The third-order valence-corrected chi connectivity index (χ3v) is 7.92. The van der Waals surface area contributed by atoms with Crippen LogP contribution in [0.5, 0.6) is 11.5 Å². The molecule has 0 atom stereocenters. The van der Waals surface area contributed by atoms with Crippen molar-refractivity contribution in [3.63, 3.8) is 0 Å². The van der Waals surface area contributed by atoms with Crippen LogP contribution in [0.15, 0.2) is 41.4 Å². The van der Waals surface area contributed by atoms with Crippen LogP contribution in [0.4, 0.5) is 0 Å². The smallest absolute Gasteiger partial charge is 0.291 e. The number of halogens is 1. The van der Waals surface area contributed by atoms with Gasteiger partial charge in [-0.05, 0) is 12.3 Å². The van der Waals surface area contributed by atoms with E-state index in [1.54, 1.807) is 11.8 Å². The Bertz CT molecular complexity index is 1320. The number of fused-ring (bicyclic) bond motifs is 3. The fourth-order valence-electron chi connectivity index (χ4n) is 3.23. The van der Waals surface area contributed by atoms with Crippen LogP contribution in [0.2, 0.25) is 5.02 Å². The molecule has 0 aliphatic carbocycles. The van der Waals surface area contributed by atoms with Gasteiger partial charge in [0.05, 0.1) is 15.2 Å². The molecule has 2 aromatic heterocycles. The Labute approximate surface area is 183 Å². The normalized spacial score (nSPS) is 13.7. The highest BCUT2D eigenvalue weighted by molar-refractivity contribution is 7.98. The number of carbonyl (C=O) groups excluding carboxylic acids is 1. The third-order valence-electron chi connectivity index (χ3n) is 4.62. The molecule has 9 heteroatoms. The Kier molecular flexibility index (Phi) is 5.03. The van der Waals surface area contributed by atoms with Crippen molar-refractivity contribution in [2.24, 2.45) is 4.99 Å². The summed E-state index contributed by atoms with van der Waals surface area (Å²) in [6, 6.07) is 11.6. The zero-order valence-electron chi connectivity index (χ0n) is 15.3. The minimum Gasteiger partial charge on any atom is -0.454 e. The van der Waals surface area contributed by atoms with Crippen molar-refractivity contribution in [1.29, 1.82) is 0 Å². The molecule has 4 aromatic rings. The number of aromatic nitrogens is 1. The fraction of sp³-hybridized carbons (Fsp3) is 0.200. The van der Waals surface area contributed by atoms with Crippen LogP contribution in [0.1, 0.15) is 9.67 Å². The lowest BCUT2D eigenvalue weighted by molar-refractivity contribution is 0.100. The van der Waals surface area contributed by atoms with Crippen molar-refractivity contribution >= 4 is 72.2 Å². The number of benzene rings is 2. The molecule has 2 aromatic carbocycles. The average molecular weight is 463 g/mol. The van der Waals surface area contributed by atoms with Crippen LogP contribution in [0.3, 0.4) is 0 Å². The van der Waals surface area contributed by atoms with Crippen molar-refractivity contribution in [1.82, 2.24) is 4.57 Å². The van der Waals surface area contributed by atoms with Gasteiger partial charge in [0, 0.05) is 34.5 Å². The molecule has 0 N–H and O–H groups in total. The van der Waals surface area contributed by atoms with Crippen LogP contribution in [0.25, 0.3) is 20.3 Å². The molecule has 5 nitrogen and oxygen atoms in total. The Morgan fingerprint density at radius 1 is 1.21 bits per heavy atom. The van der Waals surface area contributed by atoms with E-state index in [-0.39, 0.29) is 12.7 Å². The number of hydrogen-bond donors (Lipinski definition) is 0. The number of thiazole rings is 1. The maximum Gasteiger partial charge on any atom is 0.291 e. The molecular formula is C20H15ClN2O3S3. The summed E-state index contributed by atoms with van der Waals surface area (Å²) < 4.78 is 15.1. The fourth-order valence-corrected chi connectivity index (χ4v) is 6.06. The van der Waals surface area contributed by atoms with Gasteiger partial charge in [-0.3, -0.25) is 4.79 Å². The summed E-state index contributed by atoms with van der Waals surface area (Å²) in [7, 11) is 0. The lowest BCUT2D eigenvalue weighted by atomic mass is 10.2. The van der Waals surface area contributed by atoms with Crippen LogP contribution in [-0.4, -0.2) is 29.3 Å². The largest absolute Gasteiger partial charge is 0.454 e. The molecule has 1 aliphatic heterocycles. The SMILES string of the molecule is CSCCn1c(=NC(=O)c2sc3ccccc3c2Cl)sc2cc3c(cc21)OCO3. The molecule has 0 fully saturated rings. The second-order valence-corrected chi connectivity index (χ2v) is 9.79. The first-order chi connectivity index (χ1) is 14.2. The highest BCUT2D eigenvalue weighted by Crippen LogP contribution is 2.38. The number of carbonyl (C=O) groups is 1. The van der Waals surface area contributed by atoms with Crippen LogP contribution < -0.4 is 14.3 Å². The number of ether oxygens (including phenoxy) is 2. The van der Waals surface area contributed by atoms with Crippen molar-refractivity contribution in [3.8, 4) is 11.5 Å². The number of rotatable bonds is 4. The first-order valence-electron chi connectivity index (χ1n) is 8.83. The quantitative estimate of drug-likeness (QED) is 0.407. The zero-order valence-corrected chi connectivity index (χ0v) is 18.5. The molecule has 0 bridgehead atoms. The number of hydrogen-bond acceptors (Lipinski definition) is 6. The monoisotopic (exact) mass is 462 g/mol. The maximum atomic E-state index is 13.0. The van der Waals surface area contributed by atoms with Gasteiger partial charge in [-0.2, -0.15) is 16.8 Å². The maximum absolute atomic E-state index is 13.0. The number of thioether (sulfide) groups is 1. The molecule has 0 radical (unpaired) electrons. The molecule has 148 valence electrons. The molecule has 0 saturated heterocycles. The summed E-state index contributed by atoms with van der Waals surface area (Å²) in [6.45, 7) is 0.977. The zero-order chi connectivity index (χ0) is 20.0. The van der Waals surface area contributed by atoms with Crippen LogP contribution in [-0.2, 0) is 6.54 Å². The van der Waals surface area contributed by atoms with Crippen molar-refractivity contribution in [2.45, 2.75) is 6.54 Å². The van der Waals surface area contributed by atoms with Crippen molar-refractivity contribution in [2.75, 3.05) is 18.8 Å². The van der Waals surface area contributed by atoms with Crippen molar-refractivity contribution in [3.05, 3.63) is 51.1 Å². The Hall–Kier alpha value is -2.00. The number of amides is 1. The average Bonchev–Trinajstić information content (AvgIpc) is 3.40. The van der Waals surface area contributed by atoms with Gasteiger partial charge in [0.2, 0.25) is 6.79 Å². The molecule has 29 heavy (non-hydrogen) atoms. The van der Waals surface area contributed by atoms with Crippen LogP contribution >= 0.6 is 46.0 Å². The summed E-state index contributed by atoms with van der Waals surface area (Å²) >= 11 is 11.1. The summed E-state index contributed by atoms with van der Waals surface area (Å²) in [5.41, 5.74) is 0.988. The number of aryl methyl sites for hydroxylation is 1. The Balaban J connectivity index is 1.65. The Morgan fingerprint density at radius 2 is 2.00 bits per heavy atom. The highest BCUT2D eigenvalue weighted by Gasteiger charge is 2.20. The predicted molar refractivity (Wildman–Crippen MR) is 121 cm³/mol. The molecular weight excluding hydrogens is 448 g/mol. The van der Waals surface area contributed by atoms with Gasteiger partial charge >= 0.3 is 0 Å². The lowest BCUT2D eigenvalue weighted by Gasteiger charge is -2.04. The molecule has 0 unspecified atom stereocenters. The van der Waals surface area contributed by atoms with Gasteiger partial charge in [0.15, 0.2) is 16.3 Å². The summed E-state index contributed by atoms with van der Waals surface area (Å²) in [6.07, 6.45) is 2.06. The van der Waals surface area contributed by atoms with Gasteiger partial charge < -0.3 is 14.0 Å². The minimum atomic E-state index is -0.319. The van der Waals surface area contributed by atoms with Gasteiger partial charge in [0.25, 0.3) is 5.91 Å². The van der Waals surface area contributed by atoms with Gasteiger partial charge in [-0.1, -0.05) is 41.1 Å². The Morgan fingerprint density at radius 3 is 2.79 bits per heavy atom. The third kappa shape index (κ3) is 3.34. The van der Waals surface area contributed by atoms with E-state index in [1.807, 2.05) is 36.4 Å². The summed E-state index contributed by atoms with van der Waals surface area (Å²) in [4.78, 5) is 18.6. The van der Waals surface area contributed by atoms with Crippen molar-refractivity contribution < 1.29 is 14.3 Å². The van der Waals surface area contributed by atoms with E-state index >= 15 is 0 Å². The highest BCUT2D eigenvalue weighted by atomic mass is 35.5. The molecule has 0 saturated carbocycles. The van der Waals surface area contributed by atoms with E-state index in [2.05, 4.69) is 15.8 Å². The summed E-state index contributed by atoms with van der Waals surface area (Å²) in [5, 5.41) is 1.35. The van der Waals surface area contributed by atoms with E-state index < -0.39 is 0 Å². The second kappa shape index (κ2) is 7.68. The number of nitrogens with zero attached hydrogens (tertiary/aromatic N) is 2. The first-order valence-corrected chi connectivity index (χ1v) is 12.2. The number of thiophene rings is 1. The molecule has 1 amide bonds. The van der Waals surface area contributed by atoms with E-state index in [9.17, 15) is 4.79 Å². The van der Waals surface area contributed by atoms with E-state index in [1.165, 1.54) is 22.7 Å². The van der Waals surface area contributed by atoms with E-state index in [0.29, 0.717) is 14.7 Å². The lowest BCUT2D eigenvalue weighted by Crippen LogP contribution is -2.18. The molecule has 1 aliphatic rings. The molecule has 0 spiro atoms. The minimum absolute atomic E-state index is 0.234.